The number of ketones is 1. The first kappa shape index (κ1) is 21.6. The molecule has 0 bridgehead atoms. The number of aromatic nitrogens is 3. The number of ether oxygens (including phenoxy) is 1. The number of hydrogen-bond donors (Lipinski definition) is 2. The number of carbonyl (C=O) groups is 1. The van der Waals surface area contributed by atoms with Gasteiger partial charge in [0.15, 0.2) is 5.78 Å². The molecule has 166 valence electrons. The molecule has 0 aliphatic heterocycles. The molecule has 9 nitrogen and oxygen atoms in total. The number of rotatable bonds is 9. The highest BCUT2D eigenvalue weighted by Crippen LogP contribution is 2.33. The zero-order valence-electron chi connectivity index (χ0n) is 18.0. The largest absolute Gasteiger partial charge is 0.497 e. The summed E-state index contributed by atoms with van der Waals surface area (Å²) in [6.45, 7) is 1.33. The quantitative estimate of drug-likeness (QED) is 0.494. The van der Waals surface area contributed by atoms with Crippen molar-refractivity contribution in [3.05, 3.63) is 52.1 Å². The summed E-state index contributed by atoms with van der Waals surface area (Å²) < 4.78 is 8.34. The van der Waals surface area contributed by atoms with Gasteiger partial charge in [0.1, 0.15) is 34.2 Å². The lowest BCUT2D eigenvalue weighted by atomic mass is 9.85. The second-order valence-electron chi connectivity index (χ2n) is 7.99. The van der Waals surface area contributed by atoms with Crippen LogP contribution in [0.5, 0.6) is 5.75 Å². The van der Waals surface area contributed by atoms with Gasteiger partial charge in [-0.3, -0.25) is 14.2 Å². The van der Waals surface area contributed by atoms with Gasteiger partial charge in [0.2, 0.25) is 0 Å². The van der Waals surface area contributed by atoms with Gasteiger partial charge in [0, 0.05) is 25.2 Å². The van der Waals surface area contributed by atoms with E-state index >= 15 is 0 Å². The number of hydrogen-bond acceptors (Lipinski definition) is 7. The molecule has 0 radical (unpaired) electrons. The Labute approximate surface area is 185 Å². The minimum atomic E-state index is -0.345. The van der Waals surface area contributed by atoms with E-state index in [1.807, 2.05) is 4.57 Å². The summed E-state index contributed by atoms with van der Waals surface area (Å²) in [5.41, 5.74) is 6.78. The molecule has 1 aromatic carbocycles. The van der Waals surface area contributed by atoms with Crippen molar-refractivity contribution in [3.8, 4) is 11.8 Å². The highest BCUT2D eigenvalue weighted by molar-refractivity contribution is 5.96. The predicted molar refractivity (Wildman–Crippen MR) is 121 cm³/mol. The molecule has 1 aliphatic rings. The van der Waals surface area contributed by atoms with Gasteiger partial charge < -0.3 is 20.4 Å². The Bertz CT molecular complexity index is 1250. The van der Waals surface area contributed by atoms with Gasteiger partial charge in [0.25, 0.3) is 5.56 Å². The molecule has 2 aromatic heterocycles. The lowest BCUT2D eigenvalue weighted by Crippen LogP contribution is -2.28. The Kier molecular flexibility index (Phi) is 6.23. The Morgan fingerprint density at radius 1 is 1.41 bits per heavy atom. The number of nitrogens with zero attached hydrogens (tertiary/aromatic N) is 4. The molecule has 0 spiro atoms. The van der Waals surface area contributed by atoms with E-state index in [4.69, 9.17) is 10.5 Å². The fraction of sp³-hybridized carbons (Fsp3) is 0.391. The Morgan fingerprint density at radius 2 is 2.22 bits per heavy atom. The maximum absolute atomic E-state index is 13.4. The van der Waals surface area contributed by atoms with Crippen LogP contribution in [0.3, 0.4) is 0 Å². The Balaban J connectivity index is 1.77. The predicted octanol–water partition coefficient (Wildman–Crippen LogP) is 2.13. The monoisotopic (exact) mass is 434 g/mol. The van der Waals surface area contributed by atoms with Gasteiger partial charge in [-0.05, 0) is 30.9 Å². The second-order valence-corrected chi connectivity index (χ2v) is 7.99. The van der Waals surface area contributed by atoms with Crippen molar-refractivity contribution >= 4 is 22.6 Å². The molecule has 32 heavy (non-hydrogen) atoms. The summed E-state index contributed by atoms with van der Waals surface area (Å²) in [5.74, 6) is 1.36. The van der Waals surface area contributed by atoms with Crippen molar-refractivity contribution in [1.82, 2.24) is 14.1 Å². The average molecular weight is 435 g/mol. The van der Waals surface area contributed by atoms with E-state index in [0.717, 1.165) is 19.3 Å². The zero-order valence-corrected chi connectivity index (χ0v) is 18.0. The summed E-state index contributed by atoms with van der Waals surface area (Å²) in [7, 11) is 1.53. The van der Waals surface area contributed by atoms with E-state index in [2.05, 4.69) is 16.4 Å². The third kappa shape index (κ3) is 3.97. The molecule has 3 N–H and O–H groups in total. The first-order chi connectivity index (χ1) is 15.6. The first-order valence-corrected chi connectivity index (χ1v) is 10.7. The van der Waals surface area contributed by atoms with E-state index in [9.17, 15) is 14.9 Å². The number of anilines is 1. The number of nitrogens with two attached hydrogens (primary N) is 1. The van der Waals surface area contributed by atoms with Gasteiger partial charge in [-0.25, -0.2) is 4.98 Å². The molecule has 4 rings (SSSR count). The summed E-state index contributed by atoms with van der Waals surface area (Å²) >= 11 is 0. The van der Waals surface area contributed by atoms with Gasteiger partial charge in [-0.2, -0.15) is 5.26 Å². The van der Waals surface area contributed by atoms with Gasteiger partial charge in [-0.1, -0.05) is 18.6 Å². The molecule has 1 aliphatic carbocycles. The Hall–Kier alpha value is -3.64. The number of fused-ring (bicyclic) bond motifs is 1. The van der Waals surface area contributed by atoms with E-state index in [-0.39, 0.29) is 17.9 Å². The fourth-order valence-electron chi connectivity index (χ4n) is 4.02. The van der Waals surface area contributed by atoms with E-state index in [0.29, 0.717) is 59.3 Å². The van der Waals surface area contributed by atoms with Crippen molar-refractivity contribution in [1.29, 1.82) is 5.26 Å². The molecule has 1 saturated carbocycles. The average Bonchev–Trinajstić information content (AvgIpc) is 3.09. The summed E-state index contributed by atoms with van der Waals surface area (Å²) in [4.78, 5) is 30.7. The van der Waals surface area contributed by atoms with Gasteiger partial charge in [0.05, 0.1) is 20.0 Å². The minimum absolute atomic E-state index is 0.156. The minimum Gasteiger partial charge on any atom is -0.497 e. The summed E-state index contributed by atoms with van der Waals surface area (Å²) in [6, 6.07) is 9.00. The van der Waals surface area contributed by atoms with E-state index in [1.165, 1.54) is 18.0 Å². The van der Waals surface area contributed by atoms with Crippen molar-refractivity contribution in [2.75, 3.05) is 25.5 Å². The standard InChI is InChI=1S/C23H26N6O3/c1-32-17-7-3-6-16(10-17)19(30)13-28-14-27-20-18(11-25)22(26-9-8-24)29(21(20)23(28)31)12-15-4-2-5-15/h3,6-7,10,14-15,26H,2,4-5,8-9,12-13,24H2,1H3. The summed E-state index contributed by atoms with van der Waals surface area (Å²) in [6.07, 6.45) is 4.67. The SMILES string of the molecule is COc1cccc(C(=O)Cn2cnc3c(C#N)c(NCCN)n(CC4CCC4)c3c2=O)c1. The maximum Gasteiger partial charge on any atom is 0.278 e. The Morgan fingerprint density at radius 3 is 2.88 bits per heavy atom. The van der Waals surface area contributed by atoms with Crippen molar-refractivity contribution in [2.45, 2.75) is 32.4 Å². The van der Waals surface area contributed by atoms with Crippen LogP contribution in [-0.4, -0.2) is 40.1 Å². The highest BCUT2D eigenvalue weighted by atomic mass is 16.5. The molecule has 1 fully saturated rings. The van der Waals surface area contributed by atoms with Gasteiger partial charge in [-0.15, -0.1) is 0 Å². The normalized spacial score (nSPS) is 13.5. The lowest BCUT2D eigenvalue weighted by Gasteiger charge is -2.27. The third-order valence-electron chi connectivity index (χ3n) is 5.95. The molecular weight excluding hydrogens is 408 g/mol. The summed E-state index contributed by atoms with van der Waals surface area (Å²) in [5, 5.41) is 13.0. The van der Waals surface area contributed by atoms with Crippen LogP contribution in [0.15, 0.2) is 35.4 Å². The molecule has 0 atom stereocenters. The molecule has 0 amide bonds. The first-order valence-electron chi connectivity index (χ1n) is 10.7. The fourth-order valence-corrected chi connectivity index (χ4v) is 4.02. The lowest BCUT2D eigenvalue weighted by molar-refractivity contribution is 0.0970. The van der Waals surface area contributed by atoms with E-state index in [1.54, 1.807) is 24.3 Å². The van der Waals surface area contributed by atoms with Crippen LogP contribution >= 0.6 is 0 Å². The van der Waals surface area contributed by atoms with E-state index < -0.39 is 0 Å². The van der Waals surface area contributed by atoms with Crippen LogP contribution in [-0.2, 0) is 13.1 Å². The van der Waals surface area contributed by atoms with Gasteiger partial charge >= 0.3 is 0 Å². The van der Waals surface area contributed by atoms with Crippen LogP contribution in [0, 0.1) is 17.2 Å². The second kappa shape index (κ2) is 9.24. The number of nitrogens with one attached hydrogen (secondary N) is 1. The van der Waals surface area contributed by atoms with Crippen LogP contribution in [0.25, 0.3) is 11.0 Å². The van der Waals surface area contributed by atoms with Crippen LogP contribution in [0.4, 0.5) is 5.82 Å². The third-order valence-corrected chi connectivity index (χ3v) is 5.95. The van der Waals surface area contributed by atoms with Crippen molar-refractivity contribution in [2.24, 2.45) is 11.7 Å². The number of Topliss-reactive ketones (excluding diaryl/α,β-unsaturated/α-hetero) is 1. The molecule has 9 heteroatoms. The van der Waals surface area contributed by atoms with Crippen molar-refractivity contribution in [3.63, 3.8) is 0 Å². The highest BCUT2D eigenvalue weighted by Gasteiger charge is 2.26. The molecule has 0 saturated heterocycles. The molecule has 2 heterocycles. The molecule has 3 aromatic rings. The van der Waals surface area contributed by atoms with Crippen LogP contribution < -0.4 is 21.3 Å². The topological polar surface area (TPSA) is 128 Å². The molecular formula is C23H26N6O3. The zero-order chi connectivity index (χ0) is 22.7. The van der Waals surface area contributed by atoms with Crippen LogP contribution in [0.1, 0.15) is 35.2 Å². The number of benzene rings is 1. The van der Waals surface area contributed by atoms with Crippen LogP contribution in [0.2, 0.25) is 0 Å². The number of nitriles is 1. The van der Waals surface area contributed by atoms with Crippen molar-refractivity contribution < 1.29 is 9.53 Å². The number of carbonyl (C=O) groups excluding carboxylic acids is 1. The smallest absolute Gasteiger partial charge is 0.278 e. The maximum atomic E-state index is 13.4. The molecule has 0 unspecified atom stereocenters. The number of methoxy groups -OCH3 is 1.